The first-order valence-corrected chi connectivity index (χ1v) is 8.46. The number of pyridine rings is 1. The van der Waals surface area contributed by atoms with Gasteiger partial charge in [0.1, 0.15) is 0 Å². The summed E-state index contributed by atoms with van der Waals surface area (Å²) >= 11 is 0. The Labute approximate surface area is 147 Å². The van der Waals surface area contributed by atoms with E-state index in [1.165, 1.54) is 0 Å². The highest BCUT2D eigenvalue weighted by Gasteiger charge is 2.29. The van der Waals surface area contributed by atoms with E-state index in [2.05, 4.69) is 20.9 Å². The average Bonchev–Trinajstić information content (AvgIpc) is 3.46. The molecule has 0 spiro atoms. The van der Waals surface area contributed by atoms with Crippen LogP contribution in [0.3, 0.4) is 0 Å². The fourth-order valence-corrected chi connectivity index (χ4v) is 2.46. The summed E-state index contributed by atoms with van der Waals surface area (Å²) < 4.78 is 0. The number of hydrogen-bond donors (Lipinski definition) is 3. The third kappa shape index (κ3) is 5.04. The number of amides is 3. The van der Waals surface area contributed by atoms with Crippen molar-refractivity contribution in [3.8, 4) is 0 Å². The monoisotopic (exact) mass is 338 g/mol. The van der Waals surface area contributed by atoms with Crippen molar-refractivity contribution >= 4 is 17.6 Å². The van der Waals surface area contributed by atoms with Crippen LogP contribution in [0.4, 0.5) is 10.5 Å². The predicted molar refractivity (Wildman–Crippen MR) is 95.8 cm³/mol. The number of aromatic nitrogens is 1. The summed E-state index contributed by atoms with van der Waals surface area (Å²) in [6, 6.07) is 10.9. The zero-order valence-corrected chi connectivity index (χ0v) is 14.2. The molecule has 3 rings (SSSR count). The normalized spacial score (nSPS) is 14.4. The van der Waals surface area contributed by atoms with Crippen LogP contribution in [0.2, 0.25) is 0 Å². The van der Waals surface area contributed by atoms with E-state index in [1.54, 1.807) is 12.4 Å². The second-order valence-electron chi connectivity index (χ2n) is 6.30. The Balaban J connectivity index is 1.47. The summed E-state index contributed by atoms with van der Waals surface area (Å²) in [7, 11) is 0. The molecule has 25 heavy (non-hydrogen) atoms. The molecule has 1 fully saturated rings. The van der Waals surface area contributed by atoms with Crippen molar-refractivity contribution in [2.24, 2.45) is 5.92 Å². The molecule has 0 unspecified atom stereocenters. The number of nitrogens with one attached hydrogen (secondary N) is 3. The number of nitrogens with zero attached hydrogens (tertiary/aromatic N) is 1. The lowest BCUT2D eigenvalue weighted by atomic mass is 10.1. The Morgan fingerprint density at radius 2 is 1.96 bits per heavy atom. The molecule has 1 aliphatic rings. The van der Waals surface area contributed by atoms with E-state index in [-0.39, 0.29) is 23.9 Å². The van der Waals surface area contributed by atoms with Gasteiger partial charge in [0.2, 0.25) is 5.91 Å². The van der Waals surface area contributed by atoms with Crippen molar-refractivity contribution in [2.75, 3.05) is 5.32 Å². The van der Waals surface area contributed by atoms with Gasteiger partial charge < -0.3 is 16.0 Å². The topological polar surface area (TPSA) is 83.1 Å². The van der Waals surface area contributed by atoms with Gasteiger partial charge in [-0.15, -0.1) is 0 Å². The highest BCUT2D eigenvalue weighted by Crippen LogP contribution is 2.30. The van der Waals surface area contributed by atoms with Crippen LogP contribution in [0.5, 0.6) is 0 Å². The molecule has 6 heteroatoms. The molecule has 0 saturated heterocycles. The van der Waals surface area contributed by atoms with Gasteiger partial charge in [-0.3, -0.25) is 9.78 Å². The highest BCUT2D eigenvalue weighted by molar-refractivity contribution is 5.94. The molecule has 3 amide bonds. The molecule has 0 radical (unpaired) electrons. The van der Waals surface area contributed by atoms with E-state index in [1.807, 2.05) is 43.3 Å². The van der Waals surface area contributed by atoms with Crippen LogP contribution in [0.25, 0.3) is 0 Å². The maximum atomic E-state index is 12.0. The molecule has 1 saturated carbocycles. The molecule has 3 N–H and O–H groups in total. The van der Waals surface area contributed by atoms with Crippen LogP contribution >= 0.6 is 0 Å². The standard InChI is InChI=1S/C19H22N4O2/c1-13(22-19(25)21-12-14-3-2-10-20-11-14)15-6-8-17(9-7-15)23-18(24)16-4-5-16/h2-3,6-11,13,16H,4-5,12H2,1H3,(H,23,24)(H2,21,22,25)/t13-/m1/s1. The average molecular weight is 338 g/mol. The third-order valence-corrected chi connectivity index (χ3v) is 4.15. The van der Waals surface area contributed by atoms with Gasteiger partial charge in [0.15, 0.2) is 0 Å². The lowest BCUT2D eigenvalue weighted by Gasteiger charge is -2.15. The molecule has 6 nitrogen and oxygen atoms in total. The summed E-state index contributed by atoms with van der Waals surface area (Å²) in [5.41, 5.74) is 2.70. The first-order valence-electron chi connectivity index (χ1n) is 8.46. The molecule has 0 aliphatic heterocycles. The van der Waals surface area contributed by atoms with Crippen molar-refractivity contribution in [3.05, 3.63) is 59.9 Å². The number of rotatable bonds is 6. The largest absolute Gasteiger partial charge is 0.334 e. The Hall–Kier alpha value is -2.89. The lowest BCUT2D eigenvalue weighted by Crippen LogP contribution is -2.36. The van der Waals surface area contributed by atoms with Gasteiger partial charge in [-0.25, -0.2) is 4.79 Å². The number of anilines is 1. The van der Waals surface area contributed by atoms with E-state index >= 15 is 0 Å². The second-order valence-corrected chi connectivity index (χ2v) is 6.30. The number of hydrogen-bond acceptors (Lipinski definition) is 3. The van der Waals surface area contributed by atoms with E-state index in [0.717, 1.165) is 29.7 Å². The molecule has 0 bridgehead atoms. The molecule has 1 aliphatic carbocycles. The van der Waals surface area contributed by atoms with Gasteiger partial charge in [0.05, 0.1) is 6.04 Å². The van der Waals surface area contributed by atoms with Crippen molar-refractivity contribution in [1.29, 1.82) is 0 Å². The highest BCUT2D eigenvalue weighted by atomic mass is 16.2. The van der Waals surface area contributed by atoms with Crippen molar-refractivity contribution in [1.82, 2.24) is 15.6 Å². The van der Waals surface area contributed by atoms with Gasteiger partial charge in [0, 0.05) is 30.5 Å². The first-order chi connectivity index (χ1) is 12.1. The molecule has 130 valence electrons. The predicted octanol–water partition coefficient (Wildman–Crippen LogP) is 2.99. The van der Waals surface area contributed by atoms with E-state index < -0.39 is 0 Å². The van der Waals surface area contributed by atoms with Crippen LogP contribution in [0.1, 0.15) is 36.9 Å². The van der Waals surface area contributed by atoms with Crippen LogP contribution in [-0.4, -0.2) is 16.9 Å². The fraction of sp³-hybridized carbons (Fsp3) is 0.316. The van der Waals surface area contributed by atoms with Crippen LogP contribution in [0, 0.1) is 5.92 Å². The number of benzene rings is 1. The minimum Gasteiger partial charge on any atom is -0.334 e. The van der Waals surface area contributed by atoms with Crippen LogP contribution in [0.15, 0.2) is 48.8 Å². The minimum absolute atomic E-state index is 0.0914. The third-order valence-electron chi connectivity index (χ3n) is 4.15. The van der Waals surface area contributed by atoms with Gasteiger partial charge in [-0.1, -0.05) is 18.2 Å². The second kappa shape index (κ2) is 7.79. The lowest BCUT2D eigenvalue weighted by molar-refractivity contribution is -0.117. The molecular formula is C19H22N4O2. The molecule has 1 atom stereocenters. The maximum Gasteiger partial charge on any atom is 0.315 e. The molecular weight excluding hydrogens is 316 g/mol. The molecule has 2 aromatic rings. The first kappa shape index (κ1) is 17.0. The Kier molecular flexibility index (Phi) is 5.28. The number of carbonyl (C=O) groups excluding carboxylic acids is 2. The molecule has 1 aromatic heterocycles. The smallest absolute Gasteiger partial charge is 0.315 e. The SMILES string of the molecule is C[C@@H](NC(=O)NCc1cccnc1)c1ccc(NC(=O)C2CC2)cc1. The molecule has 1 aromatic carbocycles. The zero-order chi connectivity index (χ0) is 17.6. The van der Waals surface area contributed by atoms with Crippen molar-refractivity contribution in [3.63, 3.8) is 0 Å². The Morgan fingerprint density at radius 3 is 2.60 bits per heavy atom. The summed E-state index contributed by atoms with van der Waals surface area (Å²) in [5.74, 6) is 0.275. The van der Waals surface area contributed by atoms with Gasteiger partial charge in [0.25, 0.3) is 0 Å². The van der Waals surface area contributed by atoms with Crippen molar-refractivity contribution < 1.29 is 9.59 Å². The van der Waals surface area contributed by atoms with Gasteiger partial charge >= 0.3 is 6.03 Å². The van der Waals surface area contributed by atoms with E-state index in [4.69, 9.17) is 0 Å². The minimum atomic E-state index is -0.234. The van der Waals surface area contributed by atoms with E-state index in [0.29, 0.717) is 6.54 Å². The summed E-state index contributed by atoms with van der Waals surface area (Å²) in [5, 5.41) is 8.61. The zero-order valence-electron chi connectivity index (χ0n) is 14.2. The maximum absolute atomic E-state index is 12.0. The van der Waals surface area contributed by atoms with Crippen LogP contribution in [-0.2, 0) is 11.3 Å². The fourth-order valence-electron chi connectivity index (χ4n) is 2.46. The van der Waals surface area contributed by atoms with Gasteiger partial charge in [-0.2, -0.15) is 0 Å². The Morgan fingerprint density at radius 1 is 1.20 bits per heavy atom. The molecule has 1 heterocycles. The summed E-state index contributed by atoms with van der Waals surface area (Å²) in [4.78, 5) is 27.8. The quantitative estimate of drug-likeness (QED) is 0.757. The van der Waals surface area contributed by atoms with Crippen LogP contribution < -0.4 is 16.0 Å². The summed E-state index contributed by atoms with van der Waals surface area (Å²) in [6.45, 7) is 2.35. The van der Waals surface area contributed by atoms with E-state index in [9.17, 15) is 9.59 Å². The van der Waals surface area contributed by atoms with Gasteiger partial charge in [-0.05, 0) is 49.1 Å². The summed E-state index contributed by atoms with van der Waals surface area (Å²) in [6.07, 6.45) is 5.39. The number of carbonyl (C=O) groups is 2. The Bertz CT molecular complexity index is 727. The van der Waals surface area contributed by atoms with Crippen molar-refractivity contribution in [2.45, 2.75) is 32.4 Å². The number of urea groups is 1.